The molecule has 0 radical (unpaired) electrons. The molecule has 1 aromatic heterocycles. The summed E-state index contributed by atoms with van der Waals surface area (Å²) in [4.78, 5) is 24.8. The predicted molar refractivity (Wildman–Crippen MR) is 66.6 cm³/mol. The lowest BCUT2D eigenvalue weighted by Crippen LogP contribution is -2.22. The van der Waals surface area contributed by atoms with E-state index >= 15 is 0 Å². The number of hydrogen-bond donors (Lipinski definition) is 2. The van der Waals surface area contributed by atoms with E-state index in [2.05, 4.69) is 15.5 Å². The molecule has 2 aromatic rings. The van der Waals surface area contributed by atoms with Crippen molar-refractivity contribution in [1.82, 2.24) is 10.4 Å². The van der Waals surface area contributed by atoms with Gasteiger partial charge in [0.1, 0.15) is 5.69 Å². The van der Waals surface area contributed by atoms with Crippen LogP contribution in [0.5, 0.6) is 0 Å². The van der Waals surface area contributed by atoms with Crippen molar-refractivity contribution >= 4 is 18.1 Å². The Hall–Kier alpha value is -2.89. The standard InChI is InChI=1S/C13H11N3O3/c17-12(11-2-1-7-14-11)16-15-8-9-3-5-10(6-4-9)13(18)19/h1-8,14H,(H,16,17)(H,18,19)/p-1/b15-8-. The highest BCUT2D eigenvalue weighted by Gasteiger charge is 2.02. The van der Waals surface area contributed by atoms with Gasteiger partial charge >= 0.3 is 0 Å². The summed E-state index contributed by atoms with van der Waals surface area (Å²) in [5, 5.41) is 14.3. The minimum Gasteiger partial charge on any atom is -0.545 e. The molecule has 0 saturated heterocycles. The number of carboxylic acid groups (broad SMARTS) is 1. The third-order valence-corrected chi connectivity index (χ3v) is 2.37. The second-order valence-electron chi connectivity index (χ2n) is 3.69. The lowest BCUT2D eigenvalue weighted by atomic mass is 10.1. The van der Waals surface area contributed by atoms with E-state index in [1.165, 1.54) is 18.3 Å². The van der Waals surface area contributed by atoms with Crippen LogP contribution in [0.2, 0.25) is 0 Å². The Morgan fingerprint density at radius 2 is 1.95 bits per heavy atom. The molecule has 6 nitrogen and oxygen atoms in total. The van der Waals surface area contributed by atoms with E-state index in [4.69, 9.17) is 0 Å². The first-order valence-electron chi connectivity index (χ1n) is 5.45. The predicted octanol–water partition coefficient (Wildman–Crippen LogP) is 0.142. The van der Waals surface area contributed by atoms with Gasteiger partial charge in [-0.2, -0.15) is 5.10 Å². The molecule has 0 aliphatic carbocycles. The molecule has 2 N–H and O–H groups in total. The van der Waals surface area contributed by atoms with Gasteiger partial charge < -0.3 is 14.9 Å². The van der Waals surface area contributed by atoms with E-state index in [-0.39, 0.29) is 11.5 Å². The zero-order chi connectivity index (χ0) is 13.7. The molecule has 0 saturated carbocycles. The summed E-state index contributed by atoms with van der Waals surface area (Å²) in [6.45, 7) is 0. The summed E-state index contributed by atoms with van der Waals surface area (Å²) < 4.78 is 0. The van der Waals surface area contributed by atoms with E-state index in [0.717, 1.165) is 0 Å². The van der Waals surface area contributed by atoms with Gasteiger partial charge in [0, 0.05) is 6.20 Å². The SMILES string of the molecule is O=C([O-])c1ccc(/C=N\NC(=O)c2ccc[nH]2)cc1. The molecule has 1 aromatic carbocycles. The van der Waals surface area contributed by atoms with E-state index in [1.807, 2.05) is 0 Å². The van der Waals surface area contributed by atoms with Crippen LogP contribution in [0.4, 0.5) is 0 Å². The molecule has 0 spiro atoms. The number of amides is 1. The zero-order valence-electron chi connectivity index (χ0n) is 9.79. The molecule has 96 valence electrons. The minimum absolute atomic E-state index is 0.0903. The summed E-state index contributed by atoms with van der Waals surface area (Å²) in [5.74, 6) is -1.59. The Kier molecular flexibility index (Phi) is 3.72. The van der Waals surface area contributed by atoms with Crippen LogP contribution in [-0.2, 0) is 0 Å². The number of rotatable bonds is 4. The molecule has 1 heterocycles. The summed E-state index contributed by atoms with van der Waals surface area (Å²) in [7, 11) is 0. The van der Waals surface area contributed by atoms with Crippen LogP contribution in [0.25, 0.3) is 0 Å². The van der Waals surface area contributed by atoms with Crippen molar-refractivity contribution in [3.63, 3.8) is 0 Å². The monoisotopic (exact) mass is 256 g/mol. The van der Waals surface area contributed by atoms with E-state index in [1.54, 1.807) is 30.5 Å². The molecular formula is C13H10N3O3-. The number of carbonyl (C=O) groups is 2. The summed E-state index contributed by atoms with van der Waals surface area (Å²) >= 11 is 0. The van der Waals surface area contributed by atoms with Crippen molar-refractivity contribution in [3.05, 3.63) is 59.4 Å². The lowest BCUT2D eigenvalue weighted by molar-refractivity contribution is -0.255. The minimum atomic E-state index is -1.23. The maximum atomic E-state index is 11.5. The molecule has 0 aliphatic rings. The van der Waals surface area contributed by atoms with Crippen molar-refractivity contribution < 1.29 is 14.7 Å². The third kappa shape index (κ3) is 3.29. The van der Waals surface area contributed by atoms with Gasteiger partial charge in [-0.15, -0.1) is 0 Å². The number of benzene rings is 1. The van der Waals surface area contributed by atoms with Crippen molar-refractivity contribution in [2.45, 2.75) is 0 Å². The van der Waals surface area contributed by atoms with Crippen LogP contribution in [0, 0.1) is 0 Å². The zero-order valence-corrected chi connectivity index (χ0v) is 9.79. The Morgan fingerprint density at radius 1 is 1.21 bits per heavy atom. The van der Waals surface area contributed by atoms with Crippen LogP contribution in [0.3, 0.4) is 0 Å². The largest absolute Gasteiger partial charge is 0.545 e. The van der Waals surface area contributed by atoms with Gasteiger partial charge in [0.15, 0.2) is 0 Å². The fourth-order valence-corrected chi connectivity index (χ4v) is 1.40. The van der Waals surface area contributed by atoms with Crippen molar-refractivity contribution in [2.75, 3.05) is 0 Å². The first-order valence-corrected chi connectivity index (χ1v) is 5.45. The van der Waals surface area contributed by atoms with Crippen LogP contribution < -0.4 is 10.5 Å². The number of carboxylic acids is 1. The maximum Gasteiger partial charge on any atom is 0.287 e. The highest BCUT2D eigenvalue weighted by Crippen LogP contribution is 2.01. The Balaban J connectivity index is 1.95. The Bertz CT molecular complexity index is 601. The molecule has 0 atom stereocenters. The first-order chi connectivity index (χ1) is 9.16. The number of hydrazone groups is 1. The molecule has 6 heteroatoms. The van der Waals surface area contributed by atoms with Gasteiger partial charge in [-0.3, -0.25) is 4.79 Å². The number of carbonyl (C=O) groups excluding carboxylic acids is 2. The number of nitrogens with zero attached hydrogens (tertiary/aromatic N) is 1. The second-order valence-corrected chi connectivity index (χ2v) is 3.69. The molecular weight excluding hydrogens is 246 g/mol. The molecule has 1 amide bonds. The third-order valence-electron chi connectivity index (χ3n) is 2.37. The van der Waals surface area contributed by atoms with E-state index < -0.39 is 5.97 Å². The van der Waals surface area contributed by atoms with Gasteiger partial charge in [-0.25, -0.2) is 5.43 Å². The number of aromatic carboxylic acids is 1. The fourth-order valence-electron chi connectivity index (χ4n) is 1.40. The van der Waals surface area contributed by atoms with Crippen molar-refractivity contribution in [3.8, 4) is 0 Å². The van der Waals surface area contributed by atoms with Crippen LogP contribution >= 0.6 is 0 Å². The molecule has 0 fully saturated rings. The molecule has 0 unspecified atom stereocenters. The van der Waals surface area contributed by atoms with Gasteiger partial charge in [0.05, 0.1) is 12.2 Å². The van der Waals surface area contributed by atoms with Crippen LogP contribution in [0.15, 0.2) is 47.7 Å². The van der Waals surface area contributed by atoms with Crippen molar-refractivity contribution in [2.24, 2.45) is 5.10 Å². The molecule has 19 heavy (non-hydrogen) atoms. The quantitative estimate of drug-likeness (QED) is 0.601. The van der Waals surface area contributed by atoms with Crippen LogP contribution in [-0.4, -0.2) is 23.1 Å². The molecule has 0 bridgehead atoms. The summed E-state index contributed by atoms with van der Waals surface area (Å²) in [6, 6.07) is 9.27. The number of H-pyrrole nitrogens is 1. The summed E-state index contributed by atoms with van der Waals surface area (Å²) in [5.41, 5.74) is 3.50. The highest BCUT2D eigenvalue weighted by molar-refractivity contribution is 5.93. The number of nitrogens with one attached hydrogen (secondary N) is 2. The maximum absolute atomic E-state index is 11.5. The normalized spacial score (nSPS) is 10.5. The van der Waals surface area contributed by atoms with Gasteiger partial charge in [-0.1, -0.05) is 24.3 Å². The highest BCUT2D eigenvalue weighted by atomic mass is 16.4. The average Bonchev–Trinajstić information content (AvgIpc) is 2.93. The number of hydrogen-bond acceptors (Lipinski definition) is 4. The fraction of sp³-hybridized carbons (Fsp3) is 0. The number of aromatic nitrogens is 1. The van der Waals surface area contributed by atoms with Gasteiger partial charge in [0.2, 0.25) is 0 Å². The molecule has 2 rings (SSSR count). The first kappa shape index (κ1) is 12.6. The average molecular weight is 256 g/mol. The van der Waals surface area contributed by atoms with Gasteiger partial charge in [0.25, 0.3) is 5.91 Å². The smallest absolute Gasteiger partial charge is 0.287 e. The van der Waals surface area contributed by atoms with Crippen LogP contribution in [0.1, 0.15) is 26.4 Å². The Labute approximate surface area is 108 Å². The summed E-state index contributed by atoms with van der Waals surface area (Å²) in [6.07, 6.45) is 3.05. The second kappa shape index (κ2) is 5.63. The van der Waals surface area contributed by atoms with E-state index in [0.29, 0.717) is 11.3 Å². The van der Waals surface area contributed by atoms with Gasteiger partial charge in [-0.05, 0) is 23.3 Å². The topological polar surface area (TPSA) is 97.4 Å². The number of aromatic amines is 1. The lowest BCUT2D eigenvalue weighted by Gasteiger charge is -2.01. The molecule has 0 aliphatic heterocycles. The Morgan fingerprint density at radius 3 is 2.53 bits per heavy atom. The van der Waals surface area contributed by atoms with E-state index in [9.17, 15) is 14.7 Å². The van der Waals surface area contributed by atoms with Crippen molar-refractivity contribution in [1.29, 1.82) is 0 Å².